The Hall–Kier alpha value is -1.06. The van der Waals surface area contributed by atoms with E-state index in [1.54, 1.807) is 0 Å². The third-order valence-electron chi connectivity index (χ3n) is 5.27. The van der Waals surface area contributed by atoms with Gasteiger partial charge in [-0.25, -0.2) is 0 Å². The Labute approximate surface area is 173 Å². The van der Waals surface area contributed by atoms with Gasteiger partial charge in [0.25, 0.3) is 0 Å². The van der Waals surface area contributed by atoms with E-state index >= 15 is 0 Å². The molecule has 0 aliphatic carbocycles. The van der Waals surface area contributed by atoms with E-state index in [1.165, 1.54) is 64.2 Å². The number of carboxylic acids is 1. The summed E-state index contributed by atoms with van der Waals surface area (Å²) in [4.78, 5) is 21.9. The van der Waals surface area contributed by atoms with Crippen LogP contribution in [0.15, 0.2) is 0 Å². The zero-order chi connectivity index (χ0) is 20.7. The Balaban J connectivity index is 3.16. The molecule has 0 bridgehead atoms. The van der Waals surface area contributed by atoms with Crippen molar-refractivity contribution in [3.8, 4) is 0 Å². The first-order valence-electron chi connectivity index (χ1n) is 12.0. The summed E-state index contributed by atoms with van der Waals surface area (Å²) in [6.07, 6.45) is 22.0. The van der Waals surface area contributed by atoms with Gasteiger partial charge in [-0.05, 0) is 25.7 Å². The number of carboxylic acid groups (broad SMARTS) is 1. The van der Waals surface area contributed by atoms with E-state index in [2.05, 4.69) is 6.92 Å². The van der Waals surface area contributed by atoms with Crippen LogP contribution in [0.2, 0.25) is 0 Å². The number of carbonyl (C=O) groups is 2. The van der Waals surface area contributed by atoms with E-state index in [0.717, 1.165) is 44.9 Å². The van der Waals surface area contributed by atoms with Gasteiger partial charge in [-0.3, -0.25) is 4.79 Å². The summed E-state index contributed by atoms with van der Waals surface area (Å²) in [5, 5.41) is 10.3. The first-order chi connectivity index (χ1) is 13.7. The van der Waals surface area contributed by atoms with Crippen LogP contribution >= 0.6 is 0 Å². The van der Waals surface area contributed by atoms with Gasteiger partial charge in [0, 0.05) is 12.4 Å². The minimum atomic E-state index is -0.962. The molecule has 0 atom stereocenters. The lowest BCUT2D eigenvalue weighted by molar-refractivity contribution is -0.305. The Kier molecular flexibility index (Phi) is 21.4. The van der Waals surface area contributed by atoms with Crippen molar-refractivity contribution < 1.29 is 19.4 Å². The SMILES string of the molecule is CCCCCCCCCCCCCCOC(=O)CCCCCCCCC(=O)[O-]. The maximum Gasteiger partial charge on any atom is 0.305 e. The lowest BCUT2D eigenvalue weighted by Crippen LogP contribution is -2.21. The van der Waals surface area contributed by atoms with Crippen LogP contribution in [0.4, 0.5) is 0 Å². The largest absolute Gasteiger partial charge is 0.550 e. The minimum absolute atomic E-state index is 0.0694. The van der Waals surface area contributed by atoms with E-state index in [1.807, 2.05) is 0 Å². The van der Waals surface area contributed by atoms with Gasteiger partial charge in [-0.1, -0.05) is 103 Å². The van der Waals surface area contributed by atoms with Crippen LogP contribution in [0.1, 0.15) is 135 Å². The van der Waals surface area contributed by atoms with Gasteiger partial charge >= 0.3 is 5.97 Å². The van der Waals surface area contributed by atoms with Crippen LogP contribution in [-0.4, -0.2) is 18.5 Å². The molecule has 166 valence electrons. The van der Waals surface area contributed by atoms with Gasteiger partial charge in [0.2, 0.25) is 0 Å². The average molecular weight is 398 g/mol. The summed E-state index contributed by atoms with van der Waals surface area (Å²) in [7, 11) is 0. The van der Waals surface area contributed by atoms with Gasteiger partial charge in [-0.2, -0.15) is 0 Å². The fourth-order valence-electron chi connectivity index (χ4n) is 3.45. The molecule has 0 fully saturated rings. The molecular formula is C24H45O4-. The molecule has 0 rings (SSSR count). The molecule has 0 aliphatic heterocycles. The summed E-state index contributed by atoms with van der Waals surface area (Å²) >= 11 is 0. The van der Waals surface area contributed by atoms with Crippen LogP contribution in [0.5, 0.6) is 0 Å². The van der Waals surface area contributed by atoms with Gasteiger partial charge in [0.05, 0.1) is 6.61 Å². The molecule has 0 radical (unpaired) electrons. The van der Waals surface area contributed by atoms with Crippen molar-refractivity contribution in [2.24, 2.45) is 0 Å². The summed E-state index contributed by atoms with van der Waals surface area (Å²) in [6, 6.07) is 0. The number of unbranched alkanes of at least 4 members (excludes halogenated alkanes) is 16. The summed E-state index contributed by atoms with van der Waals surface area (Å²) in [5.74, 6) is -1.03. The quantitative estimate of drug-likeness (QED) is 0.163. The van der Waals surface area contributed by atoms with Gasteiger partial charge in [0.15, 0.2) is 0 Å². The van der Waals surface area contributed by atoms with Gasteiger partial charge in [0.1, 0.15) is 0 Å². The number of aliphatic carboxylic acids is 1. The first kappa shape index (κ1) is 26.9. The first-order valence-corrected chi connectivity index (χ1v) is 12.0. The van der Waals surface area contributed by atoms with E-state index in [-0.39, 0.29) is 12.4 Å². The highest BCUT2D eigenvalue weighted by atomic mass is 16.5. The molecule has 0 saturated heterocycles. The molecule has 4 heteroatoms. The summed E-state index contributed by atoms with van der Waals surface area (Å²) < 4.78 is 5.29. The smallest absolute Gasteiger partial charge is 0.305 e. The monoisotopic (exact) mass is 397 g/mol. The molecule has 0 N–H and O–H groups in total. The predicted octanol–water partition coefficient (Wildman–Crippen LogP) is 6.10. The van der Waals surface area contributed by atoms with Crippen LogP contribution in [0.25, 0.3) is 0 Å². The molecule has 0 aliphatic rings. The zero-order valence-electron chi connectivity index (χ0n) is 18.5. The Morgan fingerprint density at radius 3 is 1.43 bits per heavy atom. The number of carbonyl (C=O) groups excluding carboxylic acids is 2. The maximum absolute atomic E-state index is 11.7. The predicted molar refractivity (Wildman–Crippen MR) is 114 cm³/mol. The normalized spacial score (nSPS) is 10.9. The summed E-state index contributed by atoms with van der Waals surface area (Å²) in [6.45, 7) is 2.83. The standard InChI is InChI=1S/C24H46O4/c1-2-3-4-5-6-7-8-9-10-13-16-19-22-28-24(27)21-18-15-12-11-14-17-20-23(25)26/h2-22H2,1H3,(H,25,26)/p-1. The van der Waals surface area contributed by atoms with Crippen molar-refractivity contribution in [3.63, 3.8) is 0 Å². The molecule has 0 aromatic heterocycles. The summed E-state index contributed by atoms with van der Waals surface area (Å²) in [5.41, 5.74) is 0. The minimum Gasteiger partial charge on any atom is -0.550 e. The molecule has 0 aromatic carbocycles. The molecule has 0 saturated carbocycles. The second-order valence-corrected chi connectivity index (χ2v) is 8.10. The molecule has 0 aromatic rings. The Morgan fingerprint density at radius 1 is 0.571 bits per heavy atom. The van der Waals surface area contributed by atoms with Gasteiger partial charge < -0.3 is 14.6 Å². The molecule has 0 amide bonds. The molecular weight excluding hydrogens is 352 g/mol. The molecule has 4 nitrogen and oxygen atoms in total. The lowest BCUT2D eigenvalue weighted by Gasteiger charge is -2.06. The van der Waals surface area contributed by atoms with Crippen molar-refractivity contribution >= 4 is 11.9 Å². The fraction of sp³-hybridized carbons (Fsp3) is 0.917. The second kappa shape index (κ2) is 22.2. The van der Waals surface area contributed by atoms with E-state index < -0.39 is 5.97 Å². The Bertz CT molecular complexity index is 355. The second-order valence-electron chi connectivity index (χ2n) is 8.10. The number of hydrogen-bond donors (Lipinski definition) is 0. The fourth-order valence-corrected chi connectivity index (χ4v) is 3.45. The highest BCUT2D eigenvalue weighted by Crippen LogP contribution is 2.12. The third-order valence-corrected chi connectivity index (χ3v) is 5.27. The molecule has 0 unspecified atom stereocenters. The topological polar surface area (TPSA) is 66.4 Å². The average Bonchev–Trinajstić information content (AvgIpc) is 2.67. The van der Waals surface area contributed by atoms with Crippen LogP contribution in [-0.2, 0) is 14.3 Å². The van der Waals surface area contributed by atoms with Crippen LogP contribution < -0.4 is 5.11 Å². The Morgan fingerprint density at radius 2 is 0.964 bits per heavy atom. The zero-order valence-corrected chi connectivity index (χ0v) is 18.5. The number of hydrogen-bond acceptors (Lipinski definition) is 4. The lowest BCUT2D eigenvalue weighted by atomic mass is 10.1. The number of rotatable bonds is 22. The van der Waals surface area contributed by atoms with E-state index in [9.17, 15) is 14.7 Å². The van der Waals surface area contributed by atoms with Gasteiger partial charge in [-0.15, -0.1) is 0 Å². The van der Waals surface area contributed by atoms with Crippen molar-refractivity contribution in [1.29, 1.82) is 0 Å². The van der Waals surface area contributed by atoms with Crippen molar-refractivity contribution in [2.75, 3.05) is 6.61 Å². The number of esters is 1. The molecule has 28 heavy (non-hydrogen) atoms. The maximum atomic E-state index is 11.7. The van der Waals surface area contributed by atoms with Crippen LogP contribution in [0.3, 0.4) is 0 Å². The molecule has 0 spiro atoms. The van der Waals surface area contributed by atoms with Crippen molar-refractivity contribution in [2.45, 2.75) is 135 Å². The molecule has 0 heterocycles. The van der Waals surface area contributed by atoms with Crippen molar-refractivity contribution in [1.82, 2.24) is 0 Å². The van der Waals surface area contributed by atoms with Crippen LogP contribution in [0, 0.1) is 0 Å². The number of ether oxygens (including phenoxy) is 1. The van der Waals surface area contributed by atoms with E-state index in [4.69, 9.17) is 4.74 Å². The highest BCUT2D eigenvalue weighted by Gasteiger charge is 2.02. The highest BCUT2D eigenvalue weighted by molar-refractivity contribution is 5.69. The van der Waals surface area contributed by atoms with Crippen molar-refractivity contribution in [3.05, 3.63) is 0 Å². The van der Waals surface area contributed by atoms with E-state index in [0.29, 0.717) is 19.4 Å². The third kappa shape index (κ3) is 23.0.